The van der Waals surface area contributed by atoms with Gasteiger partial charge >= 0.3 is 6.36 Å². The standard InChI is InChI=1S/C34H30F4N4O3/c1-23-7-5-6-10-28(23)33(43)41-17-15-40(16-18-41)30-20-25(35)19-29-32(30)42(31(39-29)22-44-26-8-3-2-4-9-26)21-24-11-13-27(14-12-24)45-34(36,37)38/h2-14,19-20H,15-18,21-22H2,1H3. The van der Waals surface area contributed by atoms with Gasteiger partial charge in [0.2, 0.25) is 0 Å². The molecule has 0 spiro atoms. The van der Waals surface area contributed by atoms with Gasteiger partial charge in [-0.3, -0.25) is 4.79 Å². The van der Waals surface area contributed by atoms with Gasteiger partial charge in [0, 0.05) is 44.4 Å². The third-order valence-corrected chi connectivity index (χ3v) is 7.76. The molecule has 1 saturated heterocycles. The Kier molecular flexibility index (Phi) is 8.34. The third-order valence-electron chi connectivity index (χ3n) is 7.76. The second-order valence-electron chi connectivity index (χ2n) is 10.8. The van der Waals surface area contributed by atoms with Gasteiger partial charge in [-0.1, -0.05) is 48.5 Å². The quantitative estimate of drug-likeness (QED) is 0.176. The van der Waals surface area contributed by atoms with Gasteiger partial charge in [0.25, 0.3) is 5.91 Å². The van der Waals surface area contributed by atoms with Crippen molar-refractivity contribution < 1.29 is 31.8 Å². The third kappa shape index (κ3) is 6.87. The van der Waals surface area contributed by atoms with E-state index in [1.807, 2.05) is 71.0 Å². The average molecular weight is 619 g/mol. The second-order valence-corrected chi connectivity index (χ2v) is 10.8. The van der Waals surface area contributed by atoms with Crippen LogP contribution in [0.25, 0.3) is 11.0 Å². The summed E-state index contributed by atoms with van der Waals surface area (Å²) >= 11 is 0. The van der Waals surface area contributed by atoms with E-state index in [-0.39, 0.29) is 24.8 Å². The van der Waals surface area contributed by atoms with Gasteiger partial charge in [-0.25, -0.2) is 9.37 Å². The van der Waals surface area contributed by atoms with Crippen molar-refractivity contribution in [2.75, 3.05) is 31.1 Å². The van der Waals surface area contributed by atoms with Crippen LogP contribution in [0.4, 0.5) is 23.2 Å². The summed E-state index contributed by atoms with van der Waals surface area (Å²) in [5.74, 6) is 0.329. The van der Waals surface area contributed by atoms with Crippen LogP contribution in [-0.2, 0) is 13.2 Å². The van der Waals surface area contributed by atoms with E-state index in [2.05, 4.69) is 4.74 Å². The summed E-state index contributed by atoms with van der Waals surface area (Å²) in [7, 11) is 0. The van der Waals surface area contributed by atoms with Crippen LogP contribution in [0.15, 0.2) is 91.0 Å². The predicted molar refractivity (Wildman–Crippen MR) is 162 cm³/mol. The minimum Gasteiger partial charge on any atom is -0.486 e. The molecule has 1 aliphatic heterocycles. The molecule has 1 fully saturated rings. The topological polar surface area (TPSA) is 59.8 Å². The predicted octanol–water partition coefficient (Wildman–Crippen LogP) is 6.97. The highest BCUT2D eigenvalue weighted by Crippen LogP contribution is 2.32. The van der Waals surface area contributed by atoms with Crippen LogP contribution in [0.1, 0.15) is 27.3 Å². The van der Waals surface area contributed by atoms with E-state index in [9.17, 15) is 18.0 Å². The molecule has 0 N–H and O–H groups in total. The van der Waals surface area contributed by atoms with Gasteiger partial charge in [-0.05, 0) is 54.4 Å². The highest BCUT2D eigenvalue weighted by Gasteiger charge is 2.31. The molecule has 11 heteroatoms. The van der Waals surface area contributed by atoms with Gasteiger partial charge in [-0.15, -0.1) is 13.2 Å². The van der Waals surface area contributed by atoms with E-state index >= 15 is 4.39 Å². The Morgan fingerprint density at radius 2 is 1.56 bits per heavy atom. The van der Waals surface area contributed by atoms with Crippen LogP contribution in [0, 0.1) is 12.7 Å². The minimum absolute atomic E-state index is 0.0412. The number of imidazole rings is 1. The van der Waals surface area contributed by atoms with Crippen LogP contribution in [0.2, 0.25) is 0 Å². The summed E-state index contributed by atoms with van der Waals surface area (Å²) in [6.07, 6.45) is -4.79. The summed E-state index contributed by atoms with van der Waals surface area (Å²) in [6.45, 7) is 4.06. The molecule has 1 aliphatic rings. The molecule has 0 atom stereocenters. The Morgan fingerprint density at radius 3 is 2.24 bits per heavy atom. The van der Waals surface area contributed by atoms with Crippen molar-refractivity contribution in [2.24, 2.45) is 0 Å². The SMILES string of the molecule is Cc1ccccc1C(=O)N1CCN(c2cc(F)cc3nc(COc4ccccc4)n(Cc4ccc(OC(F)(F)F)cc4)c23)CC1. The van der Waals surface area contributed by atoms with E-state index in [4.69, 9.17) is 9.72 Å². The number of para-hydroxylation sites is 1. The maximum atomic E-state index is 15.0. The number of aromatic nitrogens is 2. The number of carbonyl (C=O) groups excluding carboxylic acids is 1. The van der Waals surface area contributed by atoms with Crippen LogP contribution in [0.3, 0.4) is 0 Å². The number of halogens is 4. The number of hydrogen-bond donors (Lipinski definition) is 0. The molecule has 2 heterocycles. The zero-order valence-corrected chi connectivity index (χ0v) is 24.4. The molecule has 0 saturated carbocycles. The van der Waals surface area contributed by atoms with Crippen molar-refractivity contribution in [3.05, 3.63) is 119 Å². The first-order valence-electron chi connectivity index (χ1n) is 14.5. The maximum absolute atomic E-state index is 15.0. The van der Waals surface area contributed by atoms with Crippen molar-refractivity contribution in [3.8, 4) is 11.5 Å². The van der Waals surface area contributed by atoms with Crippen molar-refractivity contribution >= 4 is 22.6 Å². The summed E-state index contributed by atoms with van der Waals surface area (Å²) in [5.41, 5.74) is 3.96. The molecular weight excluding hydrogens is 588 g/mol. The number of amides is 1. The first-order valence-corrected chi connectivity index (χ1v) is 14.5. The molecule has 0 bridgehead atoms. The number of carbonyl (C=O) groups is 1. The molecule has 0 aliphatic carbocycles. The van der Waals surface area contributed by atoms with Crippen LogP contribution >= 0.6 is 0 Å². The van der Waals surface area contributed by atoms with E-state index in [0.29, 0.717) is 65.6 Å². The highest BCUT2D eigenvalue weighted by atomic mass is 19.4. The second kappa shape index (κ2) is 12.5. The number of piperazine rings is 1. The Morgan fingerprint density at radius 1 is 0.867 bits per heavy atom. The number of hydrogen-bond acceptors (Lipinski definition) is 5. The lowest BCUT2D eigenvalue weighted by Crippen LogP contribution is -2.49. The lowest BCUT2D eigenvalue weighted by atomic mass is 10.1. The normalized spacial score (nSPS) is 13.7. The number of alkyl halides is 3. The van der Waals surface area contributed by atoms with Crippen molar-refractivity contribution in [1.29, 1.82) is 0 Å². The summed E-state index contributed by atoms with van der Waals surface area (Å²) in [5, 5.41) is 0. The van der Waals surface area contributed by atoms with Gasteiger partial charge in [0.15, 0.2) is 0 Å². The molecule has 0 radical (unpaired) electrons. The summed E-state index contributed by atoms with van der Waals surface area (Å²) in [4.78, 5) is 21.8. The number of anilines is 1. The summed E-state index contributed by atoms with van der Waals surface area (Å²) < 4.78 is 65.1. The minimum atomic E-state index is -4.79. The van der Waals surface area contributed by atoms with Gasteiger partial charge in [0.05, 0.1) is 16.7 Å². The molecule has 4 aromatic carbocycles. The molecule has 6 rings (SSSR count). The lowest BCUT2D eigenvalue weighted by Gasteiger charge is -2.36. The maximum Gasteiger partial charge on any atom is 0.573 e. The van der Waals surface area contributed by atoms with Crippen molar-refractivity contribution in [1.82, 2.24) is 14.5 Å². The Bertz CT molecular complexity index is 1800. The molecule has 232 valence electrons. The van der Waals surface area contributed by atoms with Crippen LogP contribution in [0.5, 0.6) is 11.5 Å². The fourth-order valence-corrected chi connectivity index (χ4v) is 5.56. The highest BCUT2D eigenvalue weighted by molar-refractivity contribution is 5.96. The summed E-state index contributed by atoms with van der Waals surface area (Å²) in [6, 6.07) is 25.1. The Hall–Kier alpha value is -5.06. The Labute approximate surface area is 257 Å². The van der Waals surface area contributed by atoms with Crippen molar-refractivity contribution in [3.63, 3.8) is 0 Å². The van der Waals surface area contributed by atoms with E-state index < -0.39 is 12.2 Å². The van der Waals surface area contributed by atoms with Gasteiger partial charge in [-0.2, -0.15) is 0 Å². The first-order chi connectivity index (χ1) is 21.6. The van der Waals surface area contributed by atoms with E-state index in [1.54, 1.807) is 17.0 Å². The van der Waals surface area contributed by atoms with Crippen LogP contribution < -0.4 is 14.4 Å². The fraction of sp³-hybridized carbons (Fsp3) is 0.235. The molecule has 5 aromatic rings. The first kappa shape index (κ1) is 30.0. The zero-order chi connectivity index (χ0) is 31.6. The van der Waals surface area contributed by atoms with Crippen molar-refractivity contribution in [2.45, 2.75) is 26.4 Å². The van der Waals surface area contributed by atoms with Gasteiger partial charge in [0.1, 0.15) is 29.7 Å². The Balaban J connectivity index is 1.32. The fourth-order valence-electron chi connectivity index (χ4n) is 5.56. The number of benzene rings is 4. The van der Waals surface area contributed by atoms with Crippen LogP contribution in [-0.4, -0.2) is 52.9 Å². The molecule has 1 aromatic heterocycles. The average Bonchev–Trinajstić information content (AvgIpc) is 3.36. The molecule has 0 unspecified atom stereocenters. The number of rotatable bonds is 8. The lowest BCUT2D eigenvalue weighted by molar-refractivity contribution is -0.274. The molecule has 1 amide bonds. The number of nitrogens with zero attached hydrogens (tertiary/aromatic N) is 4. The molecule has 7 nitrogen and oxygen atoms in total. The smallest absolute Gasteiger partial charge is 0.486 e. The molecular formula is C34H30F4N4O3. The zero-order valence-electron chi connectivity index (χ0n) is 24.4. The number of aryl methyl sites for hydroxylation is 1. The number of fused-ring (bicyclic) bond motifs is 1. The van der Waals surface area contributed by atoms with E-state index in [0.717, 1.165) is 5.56 Å². The number of ether oxygens (including phenoxy) is 2. The van der Waals surface area contributed by atoms with E-state index in [1.165, 1.54) is 24.3 Å². The molecule has 45 heavy (non-hydrogen) atoms. The van der Waals surface area contributed by atoms with Gasteiger partial charge < -0.3 is 23.8 Å². The largest absolute Gasteiger partial charge is 0.573 e. The monoisotopic (exact) mass is 618 g/mol.